The molecular weight excluding hydrogens is 270 g/mol. The number of hydrogen-bond acceptors (Lipinski definition) is 2. The second-order valence-corrected chi connectivity index (χ2v) is 4.91. The molecule has 20 heavy (non-hydrogen) atoms. The number of imidazole rings is 1. The summed E-state index contributed by atoms with van der Waals surface area (Å²) in [5.74, 6) is 0.892. The lowest BCUT2D eigenvalue weighted by Crippen LogP contribution is -2.00. The molecule has 0 aliphatic carbocycles. The number of hydrogen-bond donors (Lipinski definition) is 2. The molecule has 0 unspecified atom stereocenters. The van der Waals surface area contributed by atoms with Crippen molar-refractivity contribution in [2.75, 3.05) is 5.32 Å². The Morgan fingerprint density at radius 3 is 2.70 bits per heavy atom. The molecule has 100 valence electrons. The second-order valence-electron chi connectivity index (χ2n) is 4.47. The molecule has 0 spiro atoms. The van der Waals surface area contributed by atoms with Crippen LogP contribution in [0.15, 0.2) is 60.8 Å². The van der Waals surface area contributed by atoms with E-state index < -0.39 is 0 Å². The number of para-hydroxylation sites is 1. The van der Waals surface area contributed by atoms with Crippen LogP contribution in [0.25, 0.3) is 11.3 Å². The van der Waals surface area contributed by atoms with Crippen molar-refractivity contribution in [3.05, 3.63) is 71.6 Å². The van der Waals surface area contributed by atoms with Gasteiger partial charge in [0.15, 0.2) is 0 Å². The maximum absolute atomic E-state index is 6.00. The minimum Gasteiger partial charge on any atom is -0.378 e. The lowest BCUT2D eigenvalue weighted by molar-refractivity contribution is 1.00. The molecule has 1 heterocycles. The summed E-state index contributed by atoms with van der Waals surface area (Å²) in [4.78, 5) is 7.67. The van der Waals surface area contributed by atoms with Gasteiger partial charge in [0.2, 0.25) is 0 Å². The Morgan fingerprint density at radius 1 is 1.05 bits per heavy atom. The van der Waals surface area contributed by atoms with Crippen molar-refractivity contribution in [3.63, 3.8) is 0 Å². The van der Waals surface area contributed by atoms with Gasteiger partial charge in [0, 0.05) is 16.3 Å². The molecule has 0 aliphatic heterocycles. The summed E-state index contributed by atoms with van der Waals surface area (Å²) in [6.45, 7) is 0.657. The van der Waals surface area contributed by atoms with Crippen LogP contribution in [0, 0.1) is 0 Å². The maximum Gasteiger partial charge on any atom is 0.125 e. The summed E-state index contributed by atoms with van der Waals surface area (Å²) >= 11 is 6.00. The van der Waals surface area contributed by atoms with Crippen LogP contribution in [0.5, 0.6) is 0 Å². The fraction of sp³-hybridized carbons (Fsp3) is 0.0625. The molecule has 2 aromatic carbocycles. The third-order valence-corrected chi connectivity index (χ3v) is 3.23. The Balaban J connectivity index is 1.71. The zero-order chi connectivity index (χ0) is 13.8. The molecule has 4 heteroatoms. The van der Waals surface area contributed by atoms with Crippen LogP contribution in [0.4, 0.5) is 5.69 Å². The number of benzene rings is 2. The summed E-state index contributed by atoms with van der Waals surface area (Å²) in [5.41, 5.74) is 3.08. The van der Waals surface area contributed by atoms with Crippen molar-refractivity contribution in [1.82, 2.24) is 9.97 Å². The van der Waals surface area contributed by atoms with Crippen LogP contribution in [0.2, 0.25) is 5.02 Å². The van der Waals surface area contributed by atoms with Crippen molar-refractivity contribution >= 4 is 17.3 Å². The Hall–Kier alpha value is -2.26. The molecule has 0 fully saturated rings. The molecular formula is C16H14ClN3. The van der Waals surface area contributed by atoms with E-state index in [1.807, 2.05) is 60.8 Å². The molecule has 0 amide bonds. The number of anilines is 1. The molecule has 3 aromatic rings. The number of rotatable bonds is 4. The quantitative estimate of drug-likeness (QED) is 0.748. The zero-order valence-corrected chi connectivity index (χ0v) is 11.6. The van der Waals surface area contributed by atoms with E-state index in [2.05, 4.69) is 15.3 Å². The molecule has 0 radical (unpaired) electrons. The standard InChI is InChI=1S/C16H14ClN3/c17-13-6-4-5-12(9-13)15-10-19-16(20-15)11-18-14-7-2-1-3-8-14/h1-10,18H,11H2,(H,19,20). The molecule has 0 aliphatic rings. The van der Waals surface area contributed by atoms with Crippen molar-refractivity contribution < 1.29 is 0 Å². The number of aromatic nitrogens is 2. The first kappa shape index (κ1) is 12.8. The summed E-state index contributed by atoms with van der Waals surface area (Å²) in [7, 11) is 0. The third kappa shape index (κ3) is 3.00. The van der Waals surface area contributed by atoms with Gasteiger partial charge in [-0.25, -0.2) is 4.98 Å². The largest absolute Gasteiger partial charge is 0.378 e. The molecule has 3 nitrogen and oxygen atoms in total. The van der Waals surface area contributed by atoms with Crippen LogP contribution < -0.4 is 5.32 Å². The predicted octanol–water partition coefficient (Wildman–Crippen LogP) is 4.34. The van der Waals surface area contributed by atoms with Crippen LogP contribution in [-0.2, 0) is 6.54 Å². The SMILES string of the molecule is Clc1cccc(-c2cnc(CNc3ccccc3)[nH]2)c1. The Labute approximate surface area is 122 Å². The van der Waals surface area contributed by atoms with Gasteiger partial charge >= 0.3 is 0 Å². The molecule has 1 aromatic heterocycles. The van der Waals surface area contributed by atoms with Crippen molar-refractivity contribution in [2.24, 2.45) is 0 Å². The van der Waals surface area contributed by atoms with E-state index in [1.165, 1.54) is 0 Å². The number of H-pyrrole nitrogens is 1. The van der Waals surface area contributed by atoms with E-state index in [0.717, 1.165) is 27.8 Å². The van der Waals surface area contributed by atoms with E-state index in [4.69, 9.17) is 11.6 Å². The zero-order valence-electron chi connectivity index (χ0n) is 10.8. The molecule has 0 bridgehead atoms. The van der Waals surface area contributed by atoms with Crippen LogP contribution in [0.1, 0.15) is 5.82 Å². The minimum atomic E-state index is 0.657. The Kier molecular flexibility index (Phi) is 3.70. The summed E-state index contributed by atoms with van der Waals surface area (Å²) in [5, 5.41) is 4.04. The highest BCUT2D eigenvalue weighted by atomic mass is 35.5. The fourth-order valence-corrected chi connectivity index (χ4v) is 2.19. The highest BCUT2D eigenvalue weighted by Crippen LogP contribution is 2.21. The molecule has 2 N–H and O–H groups in total. The molecule has 0 saturated carbocycles. The first-order chi connectivity index (χ1) is 9.81. The monoisotopic (exact) mass is 283 g/mol. The summed E-state index contributed by atoms with van der Waals surface area (Å²) in [6.07, 6.45) is 1.83. The van der Waals surface area contributed by atoms with Crippen LogP contribution >= 0.6 is 11.6 Å². The minimum absolute atomic E-state index is 0.657. The lowest BCUT2D eigenvalue weighted by Gasteiger charge is -2.03. The average molecular weight is 284 g/mol. The van der Waals surface area contributed by atoms with E-state index in [0.29, 0.717) is 6.54 Å². The van der Waals surface area contributed by atoms with Gasteiger partial charge in [0.05, 0.1) is 18.4 Å². The van der Waals surface area contributed by atoms with E-state index in [9.17, 15) is 0 Å². The van der Waals surface area contributed by atoms with Gasteiger partial charge in [0.25, 0.3) is 0 Å². The summed E-state index contributed by atoms with van der Waals surface area (Å²) in [6, 6.07) is 17.8. The number of nitrogens with zero attached hydrogens (tertiary/aromatic N) is 1. The van der Waals surface area contributed by atoms with Gasteiger partial charge in [-0.15, -0.1) is 0 Å². The van der Waals surface area contributed by atoms with E-state index in [1.54, 1.807) is 0 Å². The van der Waals surface area contributed by atoms with Gasteiger partial charge in [-0.3, -0.25) is 0 Å². The number of nitrogens with one attached hydrogen (secondary N) is 2. The van der Waals surface area contributed by atoms with Gasteiger partial charge in [-0.1, -0.05) is 41.9 Å². The highest BCUT2D eigenvalue weighted by Gasteiger charge is 2.03. The van der Waals surface area contributed by atoms with Crippen molar-refractivity contribution in [1.29, 1.82) is 0 Å². The fourth-order valence-electron chi connectivity index (χ4n) is 2.00. The van der Waals surface area contributed by atoms with E-state index >= 15 is 0 Å². The van der Waals surface area contributed by atoms with Gasteiger partial charge in [-0.05, 0) is 24.3 Å². The topological polar surface area (TPSA) is 40.7 Å². The smallest absolute Gasteiger partial charge is 0.125 e. The van der Waals surface area contributed by atoms with E-state index in [-0.39, 0.29) is 0 Å². The number of aromatic amines is 1. The predicted molar refractivity (Wildman–Crippen MR) is 82.8 cm³/mol. The van der Waals surface area contributed by atoms with Crippen molar-refractivity contribution in [3.8, 4) is 11.3 Å². The van der Waals surface area contributed by atoms with Gasteiger partial charge in [0.1, 0.15) is 5.82 Å². The van der Waals surface area contributed by atoms with Gasteiger partial charge in [-0.2, -0.15) is 0 Å². The van der Waals surface area contributed by atoms with Crippen molar-refractivity contribution in [2.45, 2.75) is 6.54 Å². The second kappa shape index (κ2) is 5.80. The first-order valence-corrected chi connectivity index (χ1v) is 6.78. The molecule has 0 atom stereocenters. The third-order valence-electron chi connectivity index (χ3n) is 3.00. The average Bonchev–Trinajstić information content (AvgIpc) is 2.95. The van der Waals surface area contributed by atoms with Gasteiger partial charge < -0.3 is 10.3 Å². The normalized spacial score (nSPS) is 10.4. The Bertz CT molecular complexity index is 692. The van der Waals surface area contributed by atoms with Crippen LogP contribution in [0.3, 0.4) is 0 Å². The maximum atomic E-state index is 6.00. The Morgan fingerprint density at radius 2 is 1.90 bits per heavy atom. The number of halogens is 1. The molecule has 3 rings (SSSR count). The summed E-state index contributed by atoms with van der Waals surface area (Å²) < 4.78 is 0. The van der Waals surface area contributed by atoms with Crippen LogP contribution in [-0.4, -0.2) is 9.97 Å². The molecule has 0 saturated heterocycles. The lowest BCUT2D eigenvalue weighted by atomic mass is 10.2. The highest BCUT2D eigenvalue weighted by molar-refractivity contribution is 6.30. The first-order valence-electron chi connectivity index (χ1n) is 6.40.